The van der Waals surface area contributed by atoms with Crippen LogP contribution in [0.1, 0.15) is 11.7 Å². The first-order valence-corrected chi connectivity index (χ1v) is 4.09. The van der Waals surface area contributed by atoms with Crippen molar-refractivity contribution < 1.29 is 74.2 Å². The fourth-order valence-corrected chi connectivity index (χ4v) is 1.10. The molecular weight excluding hydrogens is 249 g/mol. The standard InChI is InChI=1S/C8H8BF3NO2.K/c10-9(11,12)6-3-1-2-5(4-6)7(14)8(13)15;/h1-4,7,14H,(H2,13,15);/q-1;+1. The Labute approximate surface area is 133 Å². The van der Waals surface area contributed by atoms with E-state index in [1.54, 1.807) is 0 Å². The van der Waals surface area contributed by atoms with Crippen molar-refractivity contribution in [1.29, 1.82) is 0 Å². The molecule has 0 heterocycles. The van der Waals surface area contributed by atoms with E-state index in [0.29, 0.717) is 0 Å². The molecule has 16 heavy (non-hydrogen) atoms. The van der Waals surface area contributed by atoms with Crippen molar-refractivity contribution in [2.75, 3.05) is 0 Å². The van der Waals surface area contributed by atoms with Gasteiger partial charge in [0.1, 0.15) is 0 Å². The maximum Gasteiger partial charge on any atom is 1.00 e. The number of aliphatic hydroxyl groups excluding tert-OH is 1. The number of amides is 1. The van der Waals surface area contributed by atoms with E-state index in [-0.39, 0.29) is 56.9 Å². The normalized spacial score (nSPS) is 12.8. The van der Waals surface area contributed by atoms with Crippen LogP contribution in [0.15, 0.2) is 24.3 Å². The van der Waals surface area contributed by atoms with E-state index >= 15 is 0 Å². The molecule has 1 amide bonds. The molecule has 0 saturated heterocycles. The van der Waals surface area contributed by atoms with Crippen LogP contribution >= 0.6 is 0 Å². The third-order valence-corrected chi connectivity index (χ3v) is 1.87. The zero-order chi connectivity index (χ0) is 11.6. The summed E-state index contributed by atoms with van der Waals surface area (Å²) in [5.41, 5.74) is 3.74. The SMILES string of the molecule is NC(=O)C(O)c1cccc([B-](F)(F)F)c1.[K+]. The number of hydrogen-bond acceptors (Lipinski definition) is 2. The monoisotopic (exact) mass is 257 g/mol. The molecule has 0 spiro atoms. The summed E-state index contributed by atoms with van der Waals surface area (Å²) in [5.74, 6) is -1.08. The maximum absolute atomic E-state index is 12.3. The molecule has 1 atom stereocenters. The van der Waals surface area contributed by atoms with Crippen molar-refractivity contribution in [1.82, 2.24) is 0 Å². The van der Waals surface area contributed by atoms with Gasteiger partial charge in [0.15, 0.2) is 6.10 Å². The minimum Gasteiger partial charge on any atom is -0.445 e. The van der Waals surface area contributed by atoms with E-state index in [4.69, 9.17) is 10.8 Å². The number of carbonyl (C=O) groups excluding carboxylic acids is 1. The Bertz CT molecular complexity index is 386. The third kappa shape index (κ3) is 4.19. The van der Waals surface area contributed by atoms with Crippen LogP contribution in [0.25, 0.3) is 0 Å². The molecule has 0 aliphatic rings. The van der Waals surface area contributed by atoms with Crippen LogP contribution in [0.3, 0.4) is 0 Å². The minimum absolute atomic E-state index is 0. The van der Waals surface area contributed by atoms with Gasteiger partial charge in [-0.1, -0.05) is 24.3 Å². The van der Waals surface area contributed by atoms with Crippen LogP contribution in [-0.2, 0) is 4.79 Å². The number of rotatable bonds is 3. The molecule has 3 N–H and O–H groups in total. The molecular formula is C8H8BF3KNO2. The third-order valence-electron chi connectivity index (χ3n) is 1.87. The molecule has 1 rings (SSSR count). The molecule has 0 aliphatic carbocycles. The van der Waals surface area contributed by atoms with Gasteiger partial charge < -0.3 is 23.8 Å². The van der Waals surface area contributed by atoms with Crippen LogP contribution < -0.4 is 62.6 Å². The van der Waals surface area contributed by atoms with Crippen LogP contribution in [0.5, 0.6) is 0 Å². The van der Waals surface area contributed by atoms with Crippen molar-refractivity contribution in [3.8, 4) is 0 Å². The van der Waals surface area contributed by atoms with Gasteiger partial charge in [0.05, 0.1) is 0 Å². The van der Waals surface area contributed by atoms with E-state index in [1.165, 1.54) is 6.07 Å². The van der Waals surface area contributed by atoms with Gasteiger partial charge in [-0.05, 0) is 5.56 Å². The number of nitrogens with two attached hydrogens (primary N) is 1. The minimum atomic E-state index is -5.14. The topological polar surface area (TPSA) is 63.3 Å². The molecule has 0 bridgehead atoms. The molecule has 8 heteroatoms. The summed E-state index contributed by atoms with van der Waals surface area (Å²) in [7, 11) is 0. The Morgan fingerprint density at radius 3 is 2.38 bits per heavy atom. The van der Waals surface area contributed by atoms with Gasteiger partial charge >= 0.3 is 58.4 Å². The number of halogens is 3. The van der Waals surface area contributed by atoms with E-state index in [2.05, 4.69) is 0 Å². The maximum atomic E-state index is 12.3. The van der Waals surface area contributed by atoms with Crippen molar-refractivity contribution >= 4 is 18.3 Å². The molecule has 0 saturated carbocycles. The van der Waals surface area contributed by atoms with Gasteiger partial charge in [0, 0.05) is 0 Å². The van der Waals surface area contributed by atoms with E-state index in [1.807, 2.05) is 0 Å². The number of aliphatic hydroxyl groups is 1. The number of carbonyl (C=O) groups is 1. The number of primary amides is 1. The Morgan fingerprint density at radius 2 is 1.94 bits per heavy atom. The second-order valence-electron chi connectivity index (χ2n) is 3.05. The molecule has 1 aromatic rings. The average Bonchev–Trinajstić information content (AvgIpc) is 2.15. The Hall–Kier alpha value is 0.141. The Morgan fingerprint density at radius 1 is 1.38 bits per heavy atom. The molecule has 1 unspecified atom stereocenters. The zero-order valence-corrected chi connectivity index (χ0v) is 11.7. The summed E-state index contributed by atoms with van der Waals surface area (Å²) in [4.78, 5) is 10.6. The predicted octanol–water partition coefficient (Wildman–Crippen LogP) is -2.74. The van der Waals surface area contributed by atoms with Crippen LogP contribution in [0.4, 0.5) is 12.9 Å². The van der Waals surface area contributed by atoms with Gasteiger partial charge in [0.25, 0.3) is 5.91 Å². The fraction of sp³-hybridized carbons (Fsp3) is 0.125. The summed E-state index contributed by atoms with van der Waals surface area (Å²) in [6.07, 6.45) is -1.71. The number of benzene rings is 1. The quantitative estimate of drug-likeness (QED) is 0.577. The van der Waals surface area contributed by atoms with Gasteiger partial charge in [-0.25, -0.2) is 0 Å². The fourth-order valence-electron chi connectivity index (χ4n) is 1.10. The van der Waals surface area contributed by atoms with Crippen LogP contribution in [0.2, 0.25) is 0 Å². The van der Waals surface area contributed by atoms with Gasteiger partial charge in [0.2, 0.25) is 0 Å². The van der Waals surface area contributed by atoms with Crippen molar-refractivity contribution in [2.45, 2.75) is 6.10 Å². The molecule has 3 nitrogen and oxygen atoms in total. The van der Waals surface area contributed by atoms with Crippen LogP contribution in [-0.4, -0.2) is 18.0 Å². The zero-order valence-electron chi connectivity index (χ0n) is 8.53. The van der Waals surface area contributed by atoms with Crippen molar-refractivity contribution in [3.63, 3.8) is 0 Å². The average molecular weight is 257 g/mol. The van der Waals surface area contributed by atoms with E-state index in [9.17, 15) is 17.7 Å². The van der Waals surface area contributed by atoms with E-state index in [0.717, 1.165) is 18.2 Å². The molecule has 1 aromatic carbocycles. The first kappa shape index (κ1) is 16.1. The van der Waals surface area contributed by atoms with Gasteiger partial charge in [-0.15, -0.1) is 5.46 Å². The summed E-state index contributed by atoms with van der Waals surface area (Å²) >= 11 is 0. The second kappa shape index (κ2) is 6.18. The Kier molecular flexibility index (Phi) is 6.23. The smallest absolute Gasteiger partial charge is 0.445 e. The molecule has 82 valence electrons. The van der Waals surface area contributed by atoms with Crippen molar-refractivity contribution in [3.05, 3.63) is 29.8 Å². The van der Waals surface area contributed by atoms with Gasteiger partial charge in [-0.2, -0.15) is 0 Å². The van der Waals surface area contributed by atoms with E-state index < -0.39 is 24.5 Å². The van der Waals surface area contributed by atoms with Crippen LogP contribution in [0, 0.1) is 0 Å². The summed E-state index contributed by atoms with van der Waals surface area (Å²) in [6, 6.07) is 3.92. The first-order valence-electron chi connectivity index (χ1n) is 4.09. The largest absolute Gasteiger partial charge is 1.00 e. The number of hydrogen-bond donors (Lipinski definition) is 2. The predicted molar refractivity (Wildman–Crippen MR) is 49.3 cm³/mol. The van der Waals surface area contributed by atoms with Gasteiger partial charge in [-0.3, -0.25) is 4.79 Å². The summed E-state index contributed by atoms with van der Waals surface area (Å²) in [6.45, 7) is -5.14. The summed E-state index contributed by atoms with van der Waals surface area (Å²) in [5, 5.41) is 9.15. The molecule has 0 aromatic heterocycles. The molecule has 0 fully saturated rings. The van der Waals surface area contributed by atoms with Crippen molar-refractivity contribution in [2.24, 2.45) is 5.73 Å². The second-order valence-corrected chi connectivity index (χ2v) is 3.05. The molecule has 0 aliphatic heterocycles. The Balaban J connectivity index is 0.00000225. The molecule has 0 radical (unpaired) electrons. The first-order chi connectivity index (χ1) is 6.82. The summed E-state index contributed by atoms with van der Waals surface area (Å²) < 4.78 is 36.9.